The minimum absolute atomic E-state index is 0.0350. The fourth-order valence-electron chi connectivity index (χ4n) is 3.46. The van der Waals surface area contributed by atoms with Crippen molar-refractivity contribution in [3.05, 3.63) is 48.0 Å². The Morgan fingerprint density at radius 3 is 2.54 bits per heavy atom. The molecule has 26 heavy (non-hydrogen) atoms. The van der Waals surface area contributed by atoms with Gasteiger partial charge in [-0.2, -0.15) is 0 Å². The molecule has 2 aromatic carbocycles. The lowest BCUT2D eigenvalue weighted by Gasteiger charge is -2.14. The number of fused-ring (bicyclic) bond motifs is 1. The van der Waals surface area contributed by atoms with E-state index in [1.165, 1.54) is 25.9 Å². The van der Waals surface area contributed by atoms with Crippen LogP contribution in [0.15, 0.2) is 42.5 Å². The van der Waals surface area contributed by atoms with Gasteiger partial charge in [0.05, 0.1) is 13.0 Å². The SMILES string of the molecule is O=C(CNC(=O)Cc1cccc2ccccc12)NCCCN1CCCC1. The Kier molecular flexibility index (Phi) is 6.61. The number of hydrogen-bond acceptors (Lipinski definition) is 3. The molecule has 0 radical (unpaired) electrons. The van der Waals surface area contributed by atoms with Gasteiger partial charge in [-0.15, -0.1) is 0 Å². The van der Waals surface area contributed by atoms with Gasteiger partial charge >= 0.3 is 0 Å². The van der Waals surface area contributed by atoms with E-state index < -0.39 is 0 Å². The first-order valence-corrected chi connectivity index (χ1v) is 9.45. The first-order chi connectivity index (χ1) is 12.7. The number of nitrogens with one attached hydrogen (secondary N) is 2. The zero-order valence-corrected chi connectivity index (χ0v) is 15.2. The summed E-state index contributed by atoms with van der Waals surface area (Å²) in [6.07, 6.45) is 3.81. The highest BCUT2D eigenvalue weighted by Gasteiger charge is 2.11. The summed E-state index contributed by atoms with van der Waals surface area (Å²) in [5, 5.41) is 7.79. The van der Waals surface area contributed by atoms with Crippen LogP contribution in [0.2, 0.25) is 0 Å². The molecular weight excluding hydrogens is 326 g/mol. The van der Waals surface area contributed by atoms with Gasteiger partial charge in [0, 0.05) is 6.54 Å². The molecule has 0 spiro atoms. The number of likely N-dealkylation sites (tertiary alicyclic amines) is 1. The van der Waals surface area contributed by atoms with Crippen LogP contribution in [0.3, 0.4) is 0 Å². The van der Waals surface area contributed by atoms with Crippen LogP contribution in [0.5, 0.6) is 0 Å². The Balaban J connectivity index is 1.37. The van der Waals surface area contributed by atoms with Crippen LogP contribution in [-0.2, 0) is 16.0 Å². The van der Waals surface area contributed by atoms with Crippen molar-refractivity contribution < 1.29 is 9.59 Å². The van der Waals surface area contributed by atoms with Crippen LogP contribution in [0.25, 0.3) is 10.8 Å². The molecule has 138 valence electrons. The maximum Gasteiger partial charge on any atom is 0.239 e. The zero-order valence-electron chi connectivity index (χ0n) is 15.2. The van der Waals surface area contributed by atoms with Crippen molar-refractivity contribution in [3.8, 4) is 0 Å². The van der Waals surface area contributed by atoms with E-state index in [0.717, 1.165) is 29.3 Å². The summed E-state index contributed by atoms with van der Waals surface area (Å²) in [5.74, 6) is -0.258. The third-order valence-electron chi connectivity index (χ3n) is 4.85. The summed E-state index contributed by atoms with van der Waals surface area (Å²) in [4.78, 5) is 26.5. The van der Waals surface area contributed by atoms with E-state index in [4.69, 9.17) is 0 Å². The molecule has 2 amide bonds. The van der Waals surface area contributed by atoms with Crippen LogP contribution >= 0.6 is 0 Å². The Morgan fingerprint density at radius 2 is 1.69 bits per heavy atom. The maximum absolute atomic E-state index is 12.2. The molecule has 1 heterocycles. The highest BCUT2D eigenvalue weighted by Crippen LogP contribution is 2.18. The van der Waals surface area contributed by atoms with E-state index in [9.17, 15) is 9.59 Å². The smallest absolute Gasteiger partial charge is 0.239 e. The lowest BCUT2D eigenvalue weighted by Crippen LogP contribution is -2.38. The van der Waals surface area contributed by atoms with Crippen molar-refractivity contribution in [2.45, 2.75) is 25.7 Å². The summed E-state index contributed by atoms with van der Waals surface area (Å²) < 4.78 is 0. The van der Waals surface area contributed by atoms with Crippen molar-refractivity contribution in [1.82, 2.24) is 15.5 Å². The summed E-state index contributed by atoms with van der Waals surface area (Å²) in [6, 6.07) is 14.0. The molecule has 1 saturated heterocycles. The Bertz CT molecular complexity index is 749. The predicted octanol–water partition coefficient (Wildman–Crippen LogP) is 2.10. The van der Waals surface area contributed by atoms with Crippen LogP contribution in [0.1, 0.15) is 24.8 Å². The van der Waals surface area contributed by atoms with Crippen molar-refractivity contribution in [2.24, 2.45) is 0 Å². The number of carbonyl (C=O) groups is 2. The third-order valence-corrected chi connectivity index (χ3v) is 4.85. The zero-order chi connectivity index (χ0) is 18.2. The maximum atomic E-state index is 12.2. The molecule has 0 bridgehead atoms. The standard InChI is InChI=1S/C21H27N3O2/c25-20(15-18-9-5-8-17-7-1-2-10-19(17)18)23-16-21(26)22-11-6-14-24-12-3-4-13-24/h1-2,5,7-10H,3-4,6,11-16H2,(H,22,26)(H,23,25). The van der Waals surface area contributed by atoms with Gasteiger partial charge in [0.25, 0.3) is 0 Å². The molecule has 5 nitrogen and oxygen atoms in total. The Morgan fingerprint density at radius 1 is 0.923 bits per heavy atom. The van der Waals surface area contributed by atoms with Gasteiger partial charge in [-0.3, -0.25) is 9.59 Å². The summed E-state index contributed by atoms with van der Waals surface area (Å²) in [6.45, 7) is 4.09. The molecule has 3 rings (SSSR count). The topological polar surface area (TPSA) is 61.4 Å². The van der Waals surface area contributed by atoms with Gasteiger partial charge < -0.3 is 15.5 Å². The van der Waals surface area contributed by atoms with Gasteiger partial charge in [0.2, 0.25) is 11.8 Å². The molecule has 1 aliphatic rings. The van der Waals surface area contributed by atoms with Gasteiger partial charge in [0.15, 0.2) is 0 Å². The molecule has 1 fully saturated rings. The Hall–Kier alpha value is -2.40. The summed E-state index contributed by atoms with van der Waals surface area (Å²) >= 11 is 0. The molecule has 0 atom stereocenters. The summed E-state index contributed by atoms with van der Waals surface area (Å²) in [7, 11) is 0. The molecular formula is C21H27N3O2. The second kappa shape index (κ2) is 9.34. The van der Waals surface area contributed by atoms with Crippen molar-refractivity contribution in [2.75, 3.05) is 32.7 Å². The number of benzene rings is 2. The molecule has 2 N–H and O–H groups in total. The van der Waals surface area contributed by atoms with E-state index in [-0.39, 0.29) is 24.8 Å². The first kappa shape index (κ1) is 18.4. The van der Waals surface area contributed by atoms with Crippen LogP contribution in [0, 0.1) is 0 Å². The fourth-order valence-corrected chi connectivity index (χ4v) is 3.46. The minimum Gasteiger partial charge on any atom is -0.355 e. The largest absolute Gasteiger partial charge is 0.355 e. The predicted molar refractivity (Wildman–Crippen MR) is 104 cm³/mol. The highest BCUT2D eigenvalue weighted by atomic mass is 16.2. The monoisotopic (exact) mass is 353 g/mol. The molecule has 0 saturated carbocycles. The van der Waals surface area contributed by atoms with Gasteiger partial charge in [-0.05, 0) is 55.2 Å². The van der Waals surface area contributed by atoms with E-state index >= 15 is 0 Å². The molecule has 0 unspecified atom stereocenters. The van der Waals surface area contributed by atoms with Crippen molar-refractivity contribution >= 4 is 22.6 Å². The molecule has 1 aliphatic heterocycles. The van der Waals surface area contributed by atoms with E-state index in [1.54, 1.807) is 0 Å². The number of hydrogen-bond donors (Lipinski definition) is 2. The van der Waals surface area contributed by atoms with Gasteiger partial charge in [0.1, 0.15) is 0 Å². The second-order valence-corrected chi connectivity index (χ2v) is 6.84. The third kappa shape index (κ3) is 5.30. The molecule has 0 aromatic heterocycles. The average Bonchev–Trinajstić information content (AvgIpc) is 3.17. The van der Waals surface area contributed by atoms with Crippen LogP contribution < -0.4 is 10.6 Å². The number of amides is 2. The highest BCUT2D eigenvalue weighted by molar-refractivity contribution is 5.91. The number of carbonyl (C=O) groups excluding carboxylic acids is 2. The normalized spacial score (nSPS) is 14.5. The number of nitrogens with zero attached hydrogens (tertiary/aromatic N) is 1. The molecule has 0 aliphatic carbocycles. The van der Waals surface area contributed by atoms with Crippen LogP contribution in [0.4, 0.5) is 0 Å². The summed E-state index contributed by atoms with van der Waals surface area (Å²) in [5.41, 5.74) is 0.978. The van der Waals surface area contributed by atoms with Crippen molar-refractivity contribution in [3.63, 3.8) is 0 Å². The van der Waals surface area contributed by atoms with E-state index in [2.05, 4.69) is 15.5 Å². The quantitative estimate of drug-likeness (QED) is 0.715. The van der Waals surface area contributed by atoms with Crippen molar-refractivity contribution in [1.29, 1.82) is 0 Å². The first-order valence-electron chi connectivity index (χ1n) is 9.45. The number of rotatable bonds is 8. The Labute approximate surface area is 154 Å². The van der Waals surface area contributed by atoms with Gasteiger partial charge in [-0.25, -0.2) is 0 Å². The fraction of sp³-hybridized carbons (Fsp3) is 0.429. The lowest BCUT2D eigenvalue weighted by atomic mass is 10.0. The van der Waals surface area contributed by atoms with Gasteiger partial charge in [-0.1, -0.05) is 42.5 Å². The lowest BCUT2D eigenvalue weighted by molar-refractivity contribution is -0.125. The molecule has 5 heteroatoms. The van der Waals surface area contributed by atoms with E-state index in [1.807, 2.05) is 42.5 Å². The van der Waals surface area contributed by atoms with E-state index in [0.29, 0.717) is 6.54 Å². The second-order valence-electron chi connectivity index (χ2n) is 6.84. The van der Waals surface area contributed by atoms with Crippen LogP contribution in [-0.4, -0.2) is 49.4 Å². The molecule has 2 aromatic rings. The minimum atomic E-state index is -0.131. The average molecular weight is 353 g/mol.